The van der Waals surface area contributed by atoms with Crippen LogP contribution < -0.4 is 22.1 Å². The molecule has 3 radical (unpaired) electrons. The number of methoxy groups -OCH3 is 2. The number of benzene rings is 2. The normalized spacial score (nSPS) is 8.55. The van der Waals surface area contributed by atoms with Gasteiger partial charge in [-0.15, -0.1) is 0 Å². The first kappa shape index (κ1) is 29.2. The molecule has 0 aliphatic heterocycles. The number of aryl methyl sites for hydroxylation is 2. The van der Waals surface area contributed by atoms with Gasteiger partial charge in [-0.25, -0.2) is 0 Å². The average Bonchev–Trinajstić information content (AvgIpc) is 2.65. The molecule has 10 heteroatoms. The topological polar surface area (TPSA) is 124 Å². The van der Waals surface area contributed by atoms with Crippen molar-refractivity contribution in [3.8, 4) is 0 Å². The van der Waals surface area contributed by atoms with Crippen LogP contribution in [0.1, 0.15) is 11.1 Å². The van der Waals surface area contributed by atoms with Gasteiger partial charge in [0.05, 0.1) is 25.6 Å². The van der Waals surface area contributed by atoms with Crippen LogP contribution in [-0.2, 0) is 9.47 Å². The number of nitrogens with zero attached hydrogens (tertiary/aromatic N) is 1. The molecule has 0 aliphatic rings. The van der Waals surface area contributed by atoms with Crippen molar-refractivity contribution in [2.45, 2.75) is 13.8 Å². The second-order valence-corrected chi connectivity index (χ2v) is 6.14. The molecule has 157 valence electrons. The van der Waals surface area contributed by atoms with Crippen LogP contribution in [0.2, 0.25) is 0 Å². The summed E-state index contributed by atoms with van der Waals surface area (Å²) in [7, 11) is 2.87. The van der Waals surface area contributed by atoms with Crippen molar-refractivity contribution in [1.82, 2.24) is 0 Å². The van der Waals surface area contributed by atoms with Crippen molar-refractivity contribution in [2.24, 2.45) is 17.2 Å². The third-order valence-corrected chi connectivity index (χ3v) is 3.69. The molecule has 0 saturated carbocycles. The molecule has 0 saturated heterocycles. The van der Waals surface area contributed by atoms with Crippen molar-refractivity contribution in [3.63, 3.8) is 0 Å². The molecule has 29 heavy (non-hydrogen) atoms. The summed E-state index contributed by atoms with van der Waals surface area (Å²) < 4.78 is 8.52. The van der Waals surface area contributed by atoms with Gasteiger partial charge >= 0.3 is 0 Å². The Hall–Kier alpha value is -2.03. The fourth-order valence-electron chi connectivity index (χ4n) is 2.02. The Labute approximate surface area is 202 Å². The number of anilines is 2. The molecule has 0 unspecified atom stereocenters. The van der Waals surface area contributed by atoms with E-state index in [0.717, 1.165) is 22.5 Å². The van der Waals surface area contributed by atoms with E-state index in [2.05, 4.69) is 33.9 Å². The van der Waals surface area contributed by atoms with Crippen molar-refractivity contribution in [1.29, 1.82) is 5.41 Å². The van der Waals surface area contributed by atoms with E-state index >= 15 is 0 Å². The number of hydrogen-bond acceptors (Lipinski definition) is 5. The van der Waals surface area contributed by atoms with Gasteiger partial charge in [-0.1, -0.05) is 36.4 Å². The number of guanidine groups is 1. The van der Waals surface area contributed by atoms with Gasteiger partial charge in [0, 0.05) is 26.2 Å². The van der Waals surface area contributed by atoms with Crippen LogP contribution in [0.4, 0.5) is 11.4 Å². The minimum atomic E-state index is 0. The maximum absolute atomic E-state index is 7.82. The largest absolute Gasteiger partial charge is 0.475 e. The predicted molar refractivity (Wildman–Crippen MR) is 130 cm³/mol. The Bertz CT molecular complexity index is 746. The minimum absolute atomic E-state index is 0. The molecule has 2 rings (SSSR count). The molecule has 0 aliphatic carbocycles. The number of thiocarbonyl (C=S) groups is 2. The first-order chi connectivity index (χ1) is 13.1. The van der Waals surface area contributed by atoms with Crippen molar-refractivity contribution in [2.75, 3.05) is 19.1 Å². The van der Waals surface area contributed by atoms with E-state index in [0.29, 0.717) is 0 Å². The van der Waals surface area contributed by atoms with E-state index in [4.69, 9.17) is 22.6 Å². The van der Waals surface area contributed by atoms with Gasteiger partial charge < -0.3 is 26.7 Å². The summed E-state index contributed by atoms with van der Waals surface area (Å²) in [4.78, 5) is 1.77. The van der Waals surface area contributed by atoms with E-state index in [1.54, 1.807) is 4.90 Å². The summed E-state index contributed by atoms with van der Waals surface area (Å²) in [6, 6.07) is 15.9. The molecule has 0 aromatic heterocycles. The number of nitrogens with two attached hydrogens (primary N) is 3. The van der Waals surface area contributed by atoms with E-state index in [1.165, 1.54) is 14.2 Å². The van der Waals surface area contributed by atoms with Crippen LogP contribution in [0.5, 0.6) is 0 Å². The zero-order chi connectivity index (χ0) is 21.7. The Kier molecular flexibility index (Phi) is 15.9. The van der Waals surface area contributed by atoms with Crippen LogP contribution in [0.3, 0.4) is 0 Å². The summed E-state index contributed by atoms with van der Waals surface area (Å²) in [5.41, 5.74) is 19.4. The zero-order valence-electron chi connectivity index (χ0n) is 16.9. The molecule has 0 amide bonds. The van der Waals surface area contributed by atoms with Gasteiger partial charge in [-0.2, -0.15) is 0 Å². The summed E-state index contributed by atoms with van der Waals surface area (Å²) in [6.07, 6.45) is 0. The smallest absolute Gasteiger partial charge is 0.253 e. The minimum Gasteiger partial charge on any atom is -0.475 e. The molecular weight excluding hydrogens is 603 g/mol. The standard InChI is InChI=1S/C15H17N3.2C2H5NOS.Bi/c1-11-7-3-5-9-13(11)18(15(16)17)14-10-6-4-8-12(14)2;2*1-4-2(3)5;/h3-10H,1-2H3,(H3,16,17);2*1H3,(H2,3,5);. The SMILES string of the molecule is COC(N)=S.COC(N)=S.Cc1ccccc1N(C(=N)N)c1ccccc1C.[Bi]. The molecule has 0 atom stereocenters. The van der Waals surface area contributed by atoms with Crippen molar-refractivity contribution in [3.05, 3.63) is 59.7 Å². The van der Waals surface area contributed by atoms with E-state index in [1.807, 2.05) is 62.4 Å². The van der Waals surface area contributed by atoms with Gasteiger partial charge in [0.1, 0.15) is 0 Å². The van der Waals surface area contributed by atoms with Crippen LogP contribution >= 0.6 is 24.4 Å². The van der Waals surface area contributed by atoms with Gasteiger partial charge in [0.2, 0.25) is 0 Å². The van der Waals surface area contributed by atoms with Crippen molar-refractivity contribution < 1.29 is 9.47 Å². The molecule has 2 aromatic rings. The third-order valence-electron chi connectivity index (χ3n) is 3.36. The Morgan fingerprint density at radius 3 is 1.28 bits per heavy atom. The fraction of sp³-hybridized carbons (Fsp3) is 0.211. The Morgan fingerprint density at radius 1 is 0.793 bits per heavy atom. The molecule has 0 heterocycles. The summed E-state index contributed by atoms with van der Waals surface area (Å²) in [5, 5.41) is 8.00. The quantitative estimate of drug-likeness (QED) is 0.173. The van der Waals surface area contributed by atoms with Gasteiger partial charge in [0.25, 0.3) is 10.3 Å². The monoisotopic (exact) mass is 630 g/mol. The third kappa shape index (κ3) is 11.5. The first-order valence-corrected chi connectivity index (χ1v) is 8.89. The zero-order valence-corrected chi connectivity index (χ0v) is 22.0. The number of hydrogen-bond donors (Lipinski definition) is 4. The molecule has 2 aromatic carbocycles. The maximum Gasteiger partial charge on any atom is 0.253 e. The fourth-order valence-corrected chi connectivity index (χ4v) is 2.02. The molecule has 0 fully saturated rings. The number of para-hydroxylation sites is 2. The number of rotatable bonds is 2. The van der Waals surface area contributed by atoms with Gasteiger partial charge in [-0.3, -0.25) is 10.3 Å². The molecule has 0 spiro atoms. The second-order valence-electron chi connectivity index (χ2n) is 5.34. The van der Waals surface area contributed by atoms with Gasteiger partial charge in [0.15, 0.2) is 5.96 Å². The molecule has 0 bridgehead atoms. The van der Waals surface area contributed by atoms with E-state index < -0.39 is 0 Å². The first-order valence-electron chi connectivity index (χ1n) is 8.07. The van der Waals surface area contributed by atoms with Crippen LogP contribution in [0, 0.1) is 19.3 Å². The summed E-state index contributed by atoms with van der Waals surface area (Å²) in [5.74, 6) is 0.0265. The van der Waals surface area contributed by atoms with Gasteiger partial charge in [-0.05, 0) is 61.5 Å². The van der Waals surface area contributed by atoms with Crippen LogP contribution in [0.25, 0.3) is 0 Å². The summed E-state index contributed by atoms with van der Waals surface area (Å²) in [6.45, 7) is 4.03. The van der Waals surface area contributed by atoms with Crippen LogP contribution in [-0.4, -0.2) is 56.7 Å². The summed E-state index contributed by atoms with van der Waals surface area (Å²) >= 11 is 8.50. The Balaban J connectivity index is 0. The van der Waals surface area contributed by atoms with E-state index in [-0.39, 0.29) is 42.5 Å². The second kappa shape index (κ2) is 15.8. The van der Waals surface area contributed by atoms with Crippen LogP contribution in [0.15, 0.2) is 48.5 Å². The number of ether oxygens (including phenoxy) is 2. The average molecular weight is 631 g/mol. The Morgan fingerprint density at radius 2 is 1.07 bits per heavy atom. The van der Waals surface area contributed by atoms with Crippen molar-refractivity contribution >= 4 is 78.3 Å². The van der Waals surface area contributed by atoms with E-state index in [9.17, 15) is 0 Å². The molecule has 7 N–H and O–H groups in total. The molecule has 7 nitrogen and oxygen atoms in total. The molecular formula is C19H27BiN5O2S2. The predicted octanol–water partition coefficient (Wildman–Crippen LogP) is 2.71. The maximum atomic E-state index is 7.82. The number of nitrogens with one attached hydrogen (secondary N) is 1.